The van der Waals surface area contributed by atoms with Gasteiger partial charge in [-0.25, -0.2) is 0 Å². The molecule has 8 N–H and O–H groups in total. The summed E-state index contributed by atoms with van der Waals surface area (Å²) in [6, 6.07) is 6.18. The molecule has 240 valence electrons. The molecule has 0 radical (unpaired) electrons. The second kappa shape index (κ2) is 13.7. The minimum absolute atomic E-state index is 0.150. The monoisotopic (exact) mass is 628 g/mol. The number of carbonyl (C=O) groups is 1. The lowest BCUT2D eigenvalue weighted by atomic mass is 9.95. The summed E-state index contributed by atoms with van der Waals surface area (Å²) in [4.78, 5) is 12.5. The van der Waals surface area contributed by atoms with Crippen LogP contribution in [0.4, 0.5) is 0 Å². The number of hydrogen-bond acceptors (Lipinski definition) is 7. The Bertz CT molecular complexity index is 1430. The maximum atomic E-state index is 12.5. The Morgan fingerprint density at radius 3 is 2.86 bits per heavy atom. The van der Waals surface area contributed by atoms with E-state index in [4.69, 9.17) is 32.2 Å². The molecule has 1 saturated carbocycles. The van der Waals surface area contributed by atoms with Crippen LogP contribution in [-0.2, 0) is 23.0 Å². The molecule has 6 unspecified atom stereocenters. The van der Waals surface area contributed by atoms with E-state index in [-0.39, 0.29) is 19.1 Å². The van der Waals surface area contributed by atoms with Crippen molar-refractivity contribution in [2.24, 2.45) is 18.7 Å². The molecule has 5 rings (SSSR count). The van der Waals surface area contributed by atoms with Gasteiger partial charge in [0.25, 0.3) is 0 Å². The molecule has 1 fully saturated rings. The van der Waals surface area contributed by atoms with E-state index in [1.165, 1.54) is 35.0 Å². The summed E-state index contributed by atoms with van der Waals surface area (Å²) in [5.74, 6) is 2.02. The number of β-amino-alcohol motifs (C(OH)–C–C–N with tert-alkyl or cyclic N) is 1. The van der Waals surface area contributed by atoms with E-state index in [9.17, 15) is 15.0 Å². The van der Waals surface area contributed by atoms with Gasteiger partial charge in [-0.3, -0.25) is 10.2 Å². The van der Waals surface area contributed by atoms with Gasteiger partial charge in [-0.2, -0.15) is 0 Å². The van der Waals surface area contributed by atoms with Gasteiger partial charge in [-0.15, -0.1) is 11.6 Å². The van der Waals surface area contributed by atoms with E-state index in [0.29, 0.717) is 37.6 Å². The highest BCUT2D eigenvalue weighted by molar-refractivity contribution is 6.23. The Hall–Kier alpha value is -2.73. The first-order valence-electron chi connectivity index (χ1n) is 15.6. The number of rotatable bonds is 15. The first-order chi connectivity index (χ1) is 20.9. The molecule has 6 atom stereocenters. The standard InChI is InChI=1S/C33H46ClN5O5/c1-33(2,18-37-30(42)17-44-27-11-8-20(14-23(27)34)24(35)9-12-29(36)41)38-15-21(40)16-43-28-6-4-5-25-32(28)31-22-13-19(22)7-10-26(31)39(25)3/h4-6,8,11,14,19,21-23,27,29,35,38,40-41H,7,9-10,12-13,15-18,36H2,1-3H3,(H,37,42)/p+1. The van der Waals surface area contributed by atoms with Crippen molar-refractivity contribution >= 4 is 34.1 Å². The van der Waals surface area contributed by atoms with Crippen molar-refractivity contribution in [3.63, 3.8) is 0 Å². The molecule has 2 aromatic rings. The third-order valence-corrected chi connectivity index (χ3v) is 9.35. The molecule has 1 aromatic heterocycles. The smallest absolute Gasteiger partial charge is 0.246 e. The van der Waals surface area contributed by atoms with Crippen molar-refractivity contribution in [3.05, 3.63) is 53.3 Å². The molecular weight excluding hydrogens is 582 g/mol. The number of aromatic nitrogens is 1. The fourth-order valence-corrected chi connectivity index (χ4v) is 6.58. The lowest BCUT2D eigenvalue weighted by molar-refractivity contribution is -0.127. The second-order valence-corrected chi connectivity index (χ2v) is 13.6. The maximum absolute atomic E-state index is 12.5. The van der Waals surface area contributed by atoms with E-state index in [1.54, 1.807) is 18.2 Å². The predicted octanol–water partition coefficient (Wildman–Crippen LogP) is 1.20. The molecule has 3 aliphatic rings. The first-order valence-corrected chi connectivity index (χ1v) is 16.0. The molecule has 0 aliphatic heterocycles. The number of alkyl halides is 1. The van der Waals surface area contributed by atoms with E-state index in [2.05, 4.69) is 28.3 Å². The molecule has 44 heavy (non-hydrogen) atoms. The third kappa shape index (κ3) is 7.73. The summed E-state index contributed by atoms with van der Waals surface area (Å²) in [5.41, 5.74) is 10.3. The summed E-state index contributed by atoms with van der Waals surface area (Å²) in [5, 5.41) is 33.0. The normalized spacial score (nSPS) is 23.8. The molecule has 0 saturated heterocycles. The van der Waals surface area contributed by atoms with Gasteiger partial charge >= 0.3 is 0 Å². The molecule has 10 nitrogen and oxygen atoms in total. The number of aliphatic hydroxyl groups excluding tert-OH is 2. The zero-order chi connectivity index (χ0) is 31.6. The van der Waals surface area contributed by atoms with Gasteiger partial charge in [0.15, 0.2) is 5.71 Å². The molecular formula is C33H47ClN5O5+. The zero-order valence-corrected chi connectivity index (χ0v) is 26.6. The summed E-state index contributed by atoms with van der Waals surface area (Å²) in [6.45, 7) is 4.59. The summed E-state index contributed by atoms with van der Waals surface area (Å²) in [6.07, 6.45) is 7.71. The number of nitrogens with two attached hydrogens (primary N) is 2. The molecule has 1 aromatic carbocycles. The fourth-order valence-electron chi connectivity index (χ4n) is 6.28. The number of fused-ring (bicyclic) bond motifs is 5. The number of amides is 1. The second-order valence-electron chi connectivity index (χ2n) is 13.0. The Balaban J connectivity index is 1.03. The molecule has 0 bridgehead atoms. The van der Waals surface area contributed by atoms with Crippen LogP contribution < -0.4 is 26.5 Å². The van der Waals surface area contributed by atoms with Crippen LogP contribution in [0.5, 0.6) is 5.75 Å². The number of ether oxygens (including phenoxy) is 2. The number of nitrogens with zero attached hydrogens (tertiary/aromatic N) is 1. The van der Waals surface area contributed by atoms with Gasteiger partial charge in [0, 0.05) is 48.8 Å². The maximum Gasteiger partial charge on any atom is 0.246 e. The Morgan fingerprint density at radius 1 is 1.32 bits per heavy atom. The molecule has 1 heterocycles. The van der Waals surface area contributed by atoms with E-state index in [1.807, 2.05) is 26.0 Å². The van der Waals surface area contributed by atoms with Crippen molar-refractivity contribution in [3.8, 4) is 5.75 Å². The van der Waals surface area contributed by atoms with Crippen molar-refractivity contribution in [1.82, 2.24) is 15.2 Å². The number of aryl methyl sites for hydroxylation is 1. The molecule has 3 aliphatic carbocycles. The van der Waals surface area contributed by atoms with Crippen LogP contribution in [0.25, 0.3) is 10.9 Å². The van der Waals surface area contributed by atoms with Crippen LogP contribution in [0.1, 0.15) is 56.7 Å². The Kier molecular flexibility index (Phi) is 10.2. The average Bonchev–Trinajstić information content (AvgIpc) is 3.73. The average molecular weight is 629 g/mol. The Morgan fingerprint density at radius 2 is 2.11 bits per heavy atom. The highest BCUT2D eigenvalue weighted by atomic mass is 35.5. The van der Waals surface area contributed by atoms with Crippen LogP contribution in [0.3, 0.4) is 0 Å². The quantitative estimate of drug-likeness (QED) is 0.0983. The van der Waals surface area contributed by atoms with E-state index >= 15 is 0 Å². The first kappa shape index (κ1) is 32.7. The van der Waals surface area contributed by atoms with Crippen LogP contribution in [0, 0.1) is 5.92 Å². The minimum atomic E-state index is -0.918. The highest BCUT2D eigenvalue weighted by Gasteiger charge is 2.45. The highest BCUT2D eigenvalue weighted by Crippen LogP contribution is 2.58. The van der Waals surface area contributed by atoms with Crippen molar-refractivity contribution in [1.29, 1.82) is 0 Å². The third-order valence-electron chi connectivity index (χ3n) is 8.98. The number of aliphatic hydroxyl groups is 2. The van der Waals surface area contributed by atoms with Crippen LogP contribution in [-0.4, -0.2) is 82.1 Å². The minimum Gasteiger partial charge on any atom is -0.490 e. The lowest BCUT2D eigenvalue weighted by Crippen LogP contribution is -2.52. The number of halogens is 1. The molecule has 11 heteroatoms. The summed E-state index contributed by atoms with van der Waals surface area (Å²) >= 11 is 6.45. The topological polar surface area (TPSA) is 157 Å². The summed E-state index contributed by atoms with van der Waals surface area (Å²) < 4.78 is 14.2. The van der Waals surface area contributed by atoms with Gasteiger partial charge in [-0.1, -0.05) is 24.3 Å². The molecule has 0 spiro atoms. The van der Waals surface area contributed by atoms with Crippen LogP contribution >= 0.6 is 11.6 Å². The number of nitrogens with one attached hydrogen (secondary N) is 2. The van der Waals surface area contributed by atoms with E-state index < -0.39 is 29.4 Å². The number of benzene rings is 1. The number of hydrogen-bond donors (Lipinski definition) is 6. The SMILES string of the molecule is Cn1c2c(c3c(OCC(O)CNC(C)(C)CNC(=O)COC4C=CC(C(=[NH2+])CCC(N)O)=CC4Cl)cccc31)C1CC1CC2. The summed E-state index contributed by atoms with van der Waals surface area (Å²) in [7, 11) is 2.14. The molecule has 1 amide bonds. The number of allylic oxidation sites excluding steroid dienone is 2. The Labute approximate surface area is 264 Å². The van der Waals surface area contributed by atoms with Gasteiger partial charge < -0.3 is 40.6 Å². The lowest BCUT2D eigenvalue weighted by Gasteiger charge is -2.28. The van der Waals surface area contributed by atoms with Gasteiger partial charge in [-0.05, 0) is 69.1 Å². The van der Waals surface area contributed by atoms with Crippen molar-refractivity contribution in [2.75, 3.05) is 26.3 Å². The largest absolute Gasteiger partial charge is 0.490 e. The zero-order valence-electron chi connectivity index (χ0n) is 25.9. The van der Waals surface area contributed by atoms with Crippen LogP contribution in [0.2, 0.25) is 0 Å². The fraction of sp³-hybridized carbons (Fsp3) is 0.576. The number of carbonyl (C=O) groups excluding carboxylic acids is 1. The van der Waals surface area contributed by atoms with Crippen molar-refractivity contribution in [2.45, 2.75) is 81.2 Å². The van der Waals surface area contributed by atoms with Gasteiger partial charge in [0.05, 0.1) is 17.0 Å². The van der Waals surface area contributed by atoms with Gasteiger partial charge in [0.1, 0.15) is 31.3 Å². The van der Waals surface area contributed by atoms with Crippen molar-refractivity contribution < 1.29 is 29.9 Å². The van der Waals surface area contributed by atoms with Crippen LogP contribution in [0.15, 0.2) is 42.0 Å². The predicted molar refractivity (Wildman–Crippen MR) is 172 cm³/mol. The van der Waals surface area contributed by atoms with E-state index in [0.717, 1.165) is 23.7 Å². The van der Waals surface area contributed by atoms with Gasteiger partial charge in [0.2, 0.25) is 5.91 Å².